The van der Waals surface area contributed by atoms with Gasteiger partial charge in [-0.05, 0) is 24.6 Å². The Labute approximate surface area is 102 Å². The van der Waals surface area contributed by atoms with E-state index >= 15 is 0 Å². The molecule has 0 aliphatic carbocycles. The average Bonchev–Trinajstić information content (AvgIpc) is 2.29. The fraction of sp³-hybridized carbons (Fsp3) is 0.273. The number of rotatable bonds is 4. The summed E-state index contributed by atoms with van der Waals surface area (Å²) in [5.74, 6) is -0.571. The van der Waals surface area contributed by atoms with Gasteiger partial charge in [0.1, 0.15) is 12.3 Å². The van der Waals surface area contributed by atoms with Gasteiger partial charge in [-0.3, -0.25) is 9.00 Å². The minimum absolute atomic E-state index is 0.0774. The largest absolute Gasteiger partial charge is 0.398 e. The van der Waals surface area contributed by atoms with Gasteiger partial charge in [0, 0.05) is 10.6 Å². The van der Waals surface area contributed by atoms with Gasteiger partial charge in [0.05, 0.1) is 16.9 Å². The second kappa shape index (κ2) is 6.01. The highest BCUT2D eigenvalue weighted by atomic mass is 32.2. The number of benzene rings is 1. The van der Waals surface area contributed by atoms with Gasteiger partial charge in [-0.1, -0.05) is 6.07 Å². The van der Waals surface area contributed by atoms with E-state index in [1.165, 1.54) is 0 Å². The summed E-state index contributed by atoms with van der Waals surface area (Å²) in [6, 6.07) is 6.87. The topological polar surface area (TPSA) is 96.0 Å². The number of hydrogen-bond donors (Lipinski definition) is 2. The second-order valence-corrected chi connectivity index (χ2v) is 4.81. The molecular weight excluding hydrogens is 238 g/mol. The Hall–Kier alpha value is -1.87. The van der Waals surface area contributed by atoms with Crippen LogP contribution in [0.5, 0.6) is 0 Å². The van der Waals surface area contributed by atoms with E-state index in [4.69, 9.17) is 11.0 Å². The van der Waals surface area contributed by atoms with Crippen LogP contribution < -0.4 is 11.1 Å². The van der Waals surface area contributed by atoms with E-state index < -0.39 is 16.7 Å². The number of nitrogens with zero attached hydrogens (tertiary/aromatic N) is 1. The van der Waals surface area contributed by atoms with Crippen molar-refractivity contribution in [1.82, 2.24) is 5.32 Å². The van der Waals surface area contributed by atoms with Crippen molar-refractivity contribution in [3.8, 4) is 6.07 Å². The maximum absolute atomic E-state index is 11.9. The SMILES string of the molecule is Cc1c(N)cccc1S(=O)CC(=O)NCC#N. The molecular formula is C11H13N3O2S. The summed E-state index contributed by atoms with van der Waals surface area (Å²) >= 11 is 0. The Bertz CT molecular complexity index is 494. The molecule has 1 rings (SSSR count). The Balaban J connectivity index is 2.74. The molecule has 1 aromatic rings. The molecule has 0 spiro atoms. The number of hydrogen-bond acceptors (Lipinski definition) is 4. The normalized spacial score (nSPS) is 11.5. The number of amides is 1. The molecule has 0 aliphatic rings. The van der Waals surface area contributed by atoms with Crippen molar-refractivity contribution in [1.29, 1.82) is 5.26 Å². The highest BCUT2D eigenvalue weighted by molar-refractivity contribution is 7.85. The lowest BCUT2D eigenvalue weighted by Gasteiger charge is -2.07. The minimum Gasteiger partial charge on any atom is -0.398 e. The third-order valence-electron chi connectivity index (χ3n) is 2.20. The lowest BCUT2D eigenvalue weighted by Crippen LogP contribution is -2.28. The smallest absolute Gasteiger partial charge is 0.233 e. The van der Waals surface area contributed by atoms with Gasteiger partial charge in [0.15, 0.2) is 0 Å². The number of carbonyl (C=O) groups excluding carboxylic acids is 1. The van der Waals surface area contributed by atoms with E-state index in [1.54, 1.807) is 31.2 Å². The average molecular weight is 251 g/mol. The van der Waals surface area contributed by atoms with Crippen LogP contribution in [0.4, 0.5) is 5.69 Å². The molecule has 0 fully saturated rings. The number of nitrogen functional groups attached to an aromatic ring is 1. The molecule has 5 nitrogen and oxygen atoms in total. The van der Waals surface area contributed by atoms with E-state index in [0.29, 0.717) is 10.6 Å². The lowest BCUT2D eigenvalue weighted by atomic mass is 10.2. The molecule has 1 atom stereocenters. The van der Waals surface area contributed by atoms with E-state index in [2.05, 4.69) is 5.32 Å². The Kier molecular flexibility index (Phi) is 4.67. The van der Waals surface area contributed by atoms with Gasteiger partial charge in [-0.25, -0.2) is 0 Å². The number of nitriles is 1. The van der Waals surface area contributed by atoms with Crippen LogP contribution in [0.2, 0.25) is 0 Å². The van der Waals surface area contributed by atoms with Crippen LogP contribution in [0, 0.1) is 18.3 Å². The number of nitrogens with two attached hydrogens (primary N) is 1. The minimum atomic E-state index is -1.44. The molecule has 0 saturated heterocycles. The summed E-state index contributed by atoms with van der Waals surface area (Å²) in [7, 11) is -1.44. The van der Waals surface area contributed by atoms with Crippen molar-refractivity contribution < 1.29 is 9.00 Å². The van der Waals surface area contributed by atoms with E-state index in [0.717, 1.165) is 5.56 Å². The molecule has 0 radical (unpaired) electrons. The molecule has 3 N–H and O–H groups in total. The van der Waals surface area contributed by atoms with Crippen molar-refractivity contribution in [2.75, 3.05) is 18.0 Å². The molecule has 1 aromatic carbocycles. The standard InChI is InChI=1S/C11H13N3O2S/c1-8-9(13)3-2-4-10(8)17(16)7-11(15)14-6-5-12/h2-4H,6-7,13H2,1H3,(H,14,15). The third kappa shape index (κ3) is 3.57. The molecule has 6 heteroatoms. The zero-order chi connectivity index (χ0) is 12.8. The molecule has 0 aliphatic heterocycles. The first-order chi connectivity index (χ1) is 8.06. The fourth-order valence-corrected chi connectivity index (χ4v) is 2.45. The van der Waals surface area contributed by atoms with E-state index in [1.807, 2.05) is 0 Å². The van der Waals surface area contributed by atoms with E-state index in [-0.39, 0.29) is 12.3 Å². The lowest BCUT2D eigenvalue weighted by molar-refractivity contribution is -0.118. The van der Waals surface area contributed by atoms with Crippen molar-refractivity contribution in [2.45, 2.75) is 11.8 Å². The first-order valence-corrected chi connectivity index (χ1v) is 6.25. The number of carbonyl (C=O) groups is 1. The summed E-state index contributed by atoms with van der Waals surface area (Å²) < 4.78 is 11.9. The molecule has 0 saturated carbocycles. The molecule has 1 unspecified atom stereocenters. The van der Waals surface area contributed by atoms with Crippen molar-refractivity contribution in [3.05, 3.63) is 23.8 Å². The Morgan fingerprint density at radius 3 is 2.94 bits per heavy atom. The molecule has 17 heavy (non-hydrogen) atoms. The van der Waals surface area contributed by atoms with Gasteiger partial charge in [0.2, 0.25) is 5.91 Å². The number of anilines is 1. The maximum atomic E-state index is 11.9. The quantitative estimate of drug-likeness (QED) is 0.595. The van der Waals surface area contributed by atoms with Crippen molar-refractivity contribution >= 4 is 22.4 Å². The highest BCUT2D eigenvalue weighted by Gasteiger charge is 2.12. The Morgan fingerprint density at radius 2 is 2.29 bits per heavy atom. The van der Waals surface area contributed by atoms with Crippen LogP contribution in [0.25, 0.3) is 0 Å². The summed E-state index contributed by atoms with van der Waals surface area (Å²) in [6.07, 6.45) is 0. The second-order valence-electron chi connectivity index (χ2n) is 3.40. The van der Waals surface area contributed by atoms with Gasteiger partial charge in [0.25, 0.3) is 0 Å². The third-order valence-corrected chi connectivity index (χ3v) is 3.66. The zero-order valence-electron chi connectivity index (χ0n) is 9.40. The summed E-state index contributed by atoms with van der Waals surface area (Å²) in [5, 5.41) is 10.6. The van der Waals surface area contributed by atoms with Gasteiger partial charge < -0.3 is 11.1 Å². The Morgan fingerprint density at radius 1 is 1.59 bits per heavy atom. The summed E-state index contributed by atoms with van der Waals surface area (Å²) in [4.78, 5) is 11.8. The molecule has 0 aromatic heterocycles. The summed E-state index contributed by atoms with van der Waals surface area (Å²) in [6.45, 7) is 1.68. The molecule has 90 valence electrons. The van der Waals surface area contributed by atoms with Crippen LogP contribution in [0.3, 0.4) is 0 Å². The monoisotopic (exact) mass is 251 g/mol. The van der Waals surface area contributed by atoms with Crippen LogP contribution in [-0.4, -0.2) is 22.4 Å². The zero-order valence-corrected chi connectivity index (χ0v) is 10.2. The van der Waals surface area contributed by atoms with Gasteiger partial charge in [-0.2, -0.15) is 5.26 Å². The van der Waals surface area contributed by atoms with Gasteiger partial charge in [-0.15, -0.1) is 0 Å². The predicted octanol–water partition coefficient (Wildman–Crippen LogP) is 0.325. The van der Waals surface area contributed by atoms with Crippen LogP contribution in [-0.2, 0) is 15.6 Å². The first-order valence-electron chi connectivity index (χ1n) is 4.93. The fourth-order valence-electron chi connectivity index (χ4n) is 1.26. The number of nitrogens with one attached hydrogen (secondary N) is 1. The maximum Gasteiger partial charge on any atom is 0.233 e. The van der Waals surface area contributed by atoms with Crippen LogP contribution in [0.1, 0.15) is 5.56 Å². The molecule has 0 heterocycles. The van der Waals surface area contributed by atoms with Crippen LogP contribution in [0.15, 0.2) is 23.1 Å². The van der Waals surface area contributed by atoms with Gasteiger partial charge >= 0.3 is 0 Å². The summed E-state index contributed by atoms with van der Waals surface area (Å²) in [5.41, 5.74) is 6.96. The van der Waals surface area contributed by atoms with Crippen molar-refractivity contribution in [3.63, 3.8) is 0 Å². The highest BCUT2D eigenvalue weighted by Crippen LogP contribution is 2.18. The molecule has 0 bridgehead atoms. The molecule has 1 amide bonds. The predicted molar refractivity (Wildman–Crippen MR) is 65.5 cm³/mol. The first kappa shape index (κ1) is 13.2. The van der Waals surface area contributed by atoms with E-state index in [9.17, 15) is 9.00 Å². The van der Waals surface area contributed by atoms with Crippen LogP contribution >= 0.6 is 0 Å². The van der Waals surface area contributed by atoms with Crippen molar-refractivity contribution in [2.24, 2.45) is 0 Å².